The zero-order valence-electron chi connectivity index (χ0n) is 13.8. The number of sulfonamides is 1. The first-order valence-corrected chi connectivity index (χ1v) is 8.97. The van der Waals surface area contributed by atoms with Gasteiger partial charge in [-0.25, -0.2) is 8.42 Å². The van der Waals surface area contributed by atoms with Gasteiger partial charge in [-0.1, -0.05) is 6.07 Å². The Bertz CT molecular complexity index is 877. The minimum atomic E-state index is -3.79. The Morgan fingerprint density at radius 2 is 1.71 bits per heavy atom. The van der Waals surface area contributed by atoms with E-state index in [4.69, 9.17) is 14.2 Å². The Hall–Kier alpha value is -2.41. The van der Waals surface area contributed by atoms with E-state index in [1.807, 2.05) is 13.0 Å². The van der Waals surface area contributed by atoms with Crippen LogP contribution in [0.1, 0.15) is 11.1 Å². The van der Waals surface area contributed by atoms with Crippen LogP contribution in [0.4, 0.5) is 5.69 Å². The minimum Gasteiger partial charge on any atom is -0.495 e. The summed E-state index contributed by atoms with van der Waals surface area (Å²) in [5.74, 6) is 1.45. The molecule has 7 heteroatoms. The van der Waals surface area contributed by atoms with Crippen molar-refractivity contribution in [2.24, 2.45) is 0 Å². The molecule has 1 aliphatic heterocycles. The van der Waals surface area contributed by atoms with Gasteiger partial charge in [0.15, 0.2) is 11.5 Å². The molecular weight excluding hydrogens is 330 g/mol. The summed E-state index contributed by atoms with van der Waals surface area (Å²) < 4.78 is 44.4. The first kappa shape index (κ1) is 16.4. The maximum Gasteiger partial charge on any atom is 0.262 e. The summed E-state index contributed by atoms with van der Waals surface area (Å²) in [5, 5.41) is 0. The van der Waals surface area contributed by atoms with Crippen molar-refractivity contribution < 1.29 is 22.6 Å². The smallest absolute Gasteiger partial charge is 0.262 e. The maximum absolute atomic E-state index is 12.8. The summed E-state index contributed by atoms with van der Waals surface area (Å²) in [5.41, 5.74) is 1.90. The molecule has 3 rings (SSSR count). The summed E-state index contributed by atoms with van der Waals surface area (Å²) in [4.78, 5) is 0.148. The van der Waals surface area contributed by atoms with Crippen molar-refractivity contribution in [1.29, 1.82) is 0 Å². The summed E-state index contributed by atoms with van der Waals surface area (Å²) in [6.07, 6.45) is 0. The summed E-state index contributed by atoms with van der Waals surface area (Å²) in [6.45, 7) is 4.46. The average Bonchev–Trinajstić information content (AvgIpc) is 2.54. The van der Waals surface area contributed by atoms with Crippen molar-refractivity contribution >= 4 is 15.7 Å². The molecule has 128 valence electrons. The standard InChI is InChI=1S/C17H19NO5S/c1-11-4-5-14(21-3)13(8-11)18-24(19,20)17-10-16-15(9-12(17)2)22-6-7-23-16/h4-5,8-10,18H,6-7H2,1-3H3. The van der Waals surface area contributed by atoms with Crippen LogP contribution in [-0.4, -0.2) is 28.7 Å². The number of nitrogens with one attached hydrogen (secondary N) is 1. The lowest BCUT2D eigenvalue weighted by Crippen LogP contribution is -2.18. The Kier molecular flexibility index (Phi) is 4.28. The van der Waals surface area contributed by atoms with E-state index in [1.165, 1.54) is 13.2 Å². The van der Waals surface area contributed by atoms with Gasteiger partial charge in [-0.2, -0.15) is 0 Å². The molecule has 0 fully saturated rings. The highest BCUT2D eigenvalue weighted by molar-refractivity contribution is 7.92. The van der Waals surface area contributed by atoms with Crippen LogP contribution in [0, 0.1) is 13.8 Å². The van der Waals surface area contributed by atoms with Gasteiger partial charge in [0.25, 0.3) is 10.0 Å². The number of methoxy groups -OCH3 is 1. The fraction of sp³-hybridized carbons (Fsp3) is 0.294. The van der Waals surface area contributed by atoms with Gasteiger partial charge in [0.1, 0.15) is 19.0 Å². The van der Waals surface area contributed by atoms with E-state index in [1.54, 1.807) is 25.1 Å². The lowest BCUT2D eigenvalue weighted by atomic mass is 10.2. The Morgan fingerprint density at radius 3 is 2.38 bits per heavy atom. The quantitative estimate of drug-likeness (QED) is 0.919. The van der Waals surface area contributed by atoms with Gasteiger partial charge in [-0.05, 0) is 43.2 Å². The molecule has 1 heterocycles. The van der Waals surface area contributed by atoms with Crippen LogP contribution in [0.15, 0.2) is 35.2 Å². The Labute approximate surface area is 141 Å². The molecule has 0 saturated heterocycles. The topological polar surface area (TPSA) is 73.9 Å². The first-order valence-electron chi connectivity index (χ1n) is 7.48. The summed E-state index contributed by atoms with van der Waals surface area (Å²) in [6, 6.07) is 8.48. The minimum absolute atomic E-state index is 0.148. The van der Waals surface area contributed by atoms with Crippen LogP contribution in [-0.2, 0) is 10.0 Å². The SMILES string of the molecule is COc1ccc(C)cc1NS(=O)(=O)c1cc2c(cc1C)OCCO2. The number of hydrogen-bond donors (Lipinski definition) is 1. The van der Waals surface area contributed by atoms with E-state index in [-0.39, 0.29) is 4.90 Å². The number of hydrogen-bond acceptors (Lipinski definition) is 5. The second-order valence-electron chi connectivity index (χ2n) is 5.57. The van der Waals surface area contributed by atoms with E-state index in [9.17, 15) is 8.42 Å². The van der Waals surface area contributed by atoms with Crippen molar-refractivity contribution in [3.05, 3.63) is 41.5 Å². The molecule has 0 amide bonds. The van der Waals surface area contributed by atoms with Gasteiger partial charge < -0.3 is 14.2 Å². The first-order chi connectivity index (χ1) is 11.4. The van der Waals surface area contributed by atoms with Crippen LogP contribution < -0.4 is 18.9 Å². The third-order valence-electron chi connectivity index (χ3n) is 3.73. The third-order valence-corrected chi connectivity index (χ3v) is 5.24. The van der Waals surface area contributed by atoms with E-state index in [0.29, 0.717) is 41.7 Å². The summed E-state index contributed by atoms with van der Waals surface area (Å²) >= 11 is 0. The molecule has 0 spiro atoms. The van der Waals surface area contributed by atoms with Crippen LogP contribution in [0.3, 0.4) is 0 Å². The van der Waals surface area contributed by atoms with Crippen molar-refractivity contribution in [2.75, 3.05) is 25.0 Å². The van der Waals surface area contributed by atoms with Crippen LogP contribution in [0.5, 0.6) is 17.2 Å². The molecule has 6 nitrogen and oxygen atoms in total. The van der Waals surface area contributed by atoms with Crippen molar-refractivity contribution in [3.8, 4) is 17.2 Å². The second-order valence-corrected chi connectivity index (χ2v) is 7.22. The van der Waals surface area contributed by atoms with Gasteiger partial charge in [-0.15, -0.1) is 0 Å². The van der Waals surface area contributed by atoms with Gasteiger partial charge in [0, 0.05) is 6.07 Å². The van der Waals surface area contributed by atoms with Gasteiger partial charge in [-0.3, -0.25) is 4.72 Å². The number of fused-ring (bicyclic) bond motifs is 1. The van der Waals surface area contributed by atoms with Crippen molar-refractivity contribution in [2.45, 2.75) is 18.7 Å². The molecule has 0 aliphatic carbocycles. The van der Waals surface area contributed by atoms with Crippen LogP contribution in [0.2, 0.25) is 0 Å². The molecule has 0 radical (unpaired) electrons. The van der Waals surface area contributed by atoms with E-state index in [2.05, 4.69) is 4.72 Å². The van der Waals surface area contributed by atoms with Gasteiger partial charge in [0.05, 0.1) is 17.7 Å². The normalized spacial score (nSPS) is 13.5. The molecule has 1 aliphatic rings. The molecule has 0 bridgehead atoms. The lowest BCUT2D eigenvalue weighted by Gasteiger charge is -2.21. The van der Waals surface area contributed by atoms with Crippen molar-refractivity contribution in [3.63, 3.8) is 0 Å². The van der Waals surface area contributed by atoms with Crippen LogP contribution in [0.25, 0.3) is 0 Å². The fourth-order valence-corrected chi connectivity index (χ4v) is 3.87. The zero-order chi connectivity index (χ0) is 17.3. The number of rotatable bonds is 4. The lowest BCUT2D eigenvalue weighted by molar-refractivity contribution is 0.171. The third kappa shape index (κ3) is 3.12. The highest BCUT2D eigenvalue weighted by atomic mass is 32.2. The molecule has 0 saturated carbocycles. The number of aryl methyl sites for hydroxylation is 2. The molecule has 2 aromatic carbocycles. The second kappa shape index (κ2) is 6.24. The Morgan fingerprint density at radius 1 is 1.04 bits per heavy atom. The van der Waals surface area contributed by atoms with Gasteiger partial charge in [0.2, 0.25) is 0 Å². The maximum atomic E-state index is 12.8. The molecular formula is C17H19NO5S. The van der Waals surface area contributed by atoms with E-state index < -0.39 is 10.0 Å². The largest absolute Gasteiger partial charge is 0.495 e. The predicted octanol–water partition coefficient (Wildman–Crippen LogP) is 2.88. The highest BCUT2D eigenvalue weighted by Crippen LogP contribution is 2.36. The van der Waals surface area contributed by atoms with E-state index >= 15 is 0 Å². The molecule has 2 aromatic rings. The predicted molar refractivity (Wildman–Crippen MR) is 90.7 cm³/mol. The number of benzene rings is 2. The van der Waals surface area contributed by atoms with E-state index in [0.717, 1.165) is 5.56 Å². The van der Waals surface area contributed by atoms with Crippen molar-refractivity contribution in [1.82, 2.24) is 0 Å². The molecule has 24 heavy (non-hydrogen) atoms. The Balaban J connectivity index is 2.01. The zero-order valence-corrected chi connectivity index (χ0v) is 14.6. The van der Waals surface area contributed by atoms with Gasteiger partial charge >= 0.3 is 0 Å². The molecule has 0 atom stereocenters. The molecule has 0 aromatic heterocycles. The highest BCUT2D eigenvalue weighted by Gasteiger charge is 2.23. The number of ether oxygens (including phenoxy) is 3. The summed E-state index contributed by atoms with van der Waals surface area (Å²) in [7, 11) is -2.29. The fourth-order valence-electron chi connectivity index (χ4n) is 2.56. The van der Waals surface area contributed by atoms with Crippen LogP contribution >= 0.6 is 0 Å². The average molecular weight is 349 g/mol. The molecule has 0 unspecified atom stereocenters. The number of anilines is 1. The molecule has 1 N–H and O–H groups in total. The monoisotopic (exact) mass is 349 g/mol.